The van der Waals surface area contributed by atoms with Gasteiger partial charge in [0.1, 0.15) is 5.54 Å². The van der Waals surface area contributed by atoms with Crippen molar-refractivity contribution in [3.05, 3.63) is 29.3 Å². The van der Waals surface area contributed by atoms with E-state index in [0.717, 1.165) is 31.6 Å². The van der Waals surface area contributed by atoms with Gasteiger partial charge in [-0.1, -0.05) is 24.6 Å². The first-order valence-corrected chi connectivity index (χ1v) is 8.35. The van der Waals surface area contributed by atoms with E-state index in [0.29, 0.717) is 0 Å². The third kappa shape index (κ3) is 5.56. The average molecular weight is 290 g/mol. The minimum atomic E-state index is -0.377. The molecule has 0 bridgehead atoms. The fourth-order valence-corrected chi connectivity index (χ4v) is 3.13. The third-order valence-corrected chi connectivity index (χ3v) is 4.68. The number of nitriles is 1. The van der Waals surface area contributed by atoms with Crippen LogP contribution in [0.2, 0.25) is 0 Å². The van der Waals surface area contributed by atoms with E-state index in [2.05, 4.69) is 50.4 Å². The SMILES string of the molecule is CCCNC(C)(C#N)CCCSc1cc(C)ccc1C. The zero-order valence-electron chi connectivity index (χ0n) is 13.1. The van der Waals surface area contributed by atoms with Crippen molar-refractivity contribution >= 4 is 11.8 Å². The Morgan fingerprint density at radius 3 is 2.75 bits per heavy atom. The molecule has 0 fully saturated rings. The molecule has 1 aromatic carbocycles. The van der Waals surface area contributed by atoms with Crippen LogP contribution in [0.25, 0.3) is 0 Å². The summed E-state index contributed by atoms with van der Waals surface area (Å²) in [5.41, 5.74) is 2.27. The summed E-state index contributed by atoms with van der Waals surface area (Å²) in [5.74, 6) is 1.06. The summed E-state index contributed by atoms with van der Waals surface area (Å²) in [6.45, 7) is 9.33. The normalized spacial score (nSPS) is 13.8. The lowest BCUT2D eigenvalue weighted by molar-refractivity contribution is 0.415. The molecule has 20 heavy (non-hydrogen) atoms. The van der Waals surface area contributed by atoms with Crippen molar-refractivity contribution in [2.24, 2.45) is 0 Å². The van der Waals surface area contributed by atoms with Gasteiger partial charge in [0.15, 0.2) is 0 Å². The fourth-order valence-electron chi connectivity index (χ4n) is 2.06. The van der Waals surface area contributed by atoms with Crippen LogP contribution in [0.5, 0.6) is 0 Å². The van der Waals surface area contributed by atoms with Crippen molar-refractivity contribution in [3.63, 3.8) is 0 Å². The van der Waals surface area contributed by atoms with Crippen LogP contribution in [-0.2, 0) is 0 Å². The second-order valence-electron chi connectivity index (χ2n) is 5.59. The molecule has 0 spiro atoms. The summed E-state index contributed by atoms with van der Waals surface area (Å²) in [7, 11) is 0. The molecule has 1 N–H and O–H groups in total. The van der Waals surface area contributed by atoms with Gasteiger partial charge in [-0.25, -0.2) is 0 Å². The quantitative estimate of drug-likeness (QED) is 0.567. The van der Waals surface area contributed by atoms with Crippen molar-refractivity contribution in [1.82, 2.24) is 5.32 Å². The van der Waals surface area contributed by atoms with E-state index in [1.165, 1.54) is 16.0 Å². The van der Waals surface area contributed by atoms with Crippen molar-refractivity contribution in [2.75, 3.05) is 12.3 Å². The molecule has 0 aliphatic carbocycles. The number of hydrogen-bond acceptors (Lipinski definition) is 3. The van der Waals surface area contributed by atoms with Gasteiger partial charge in [0.2, 0.25) is 0 Å². The van der Waals surface area contributed by atoms with Crippen molar-refractivity contribution < 1.29 is 0 Å². The summed E-state index contributed by atoms with van der Waals surface area (Å²) >= 11 is 1.90. The van der Waals surface area contributed by atoms with Gasteiger partial charge in [-0.15, -0.1) is 11.8 Å². The van der Waals surface area contributed by atoms with Gasteiger partial charge in [0.05, 0.1) is 6.07 Å². The van der Waals surface area contributed by atoms with Crippen LogP contribution in [0.4, 0.5) is 0 Å². The number of thioether (sulfide) groups is 1. The van der Waals surface area contributed by atoms with E-state index < -0.39 is 0 Å². The smallest absolute Gasteiger partial charge is 0.103 e. The molecule has 0 heterocycles. The Bertz CT molecular complexity index is 465. The Morgan fingerprint density at radius 2 is 2.10 bits per heavy atom. The Balaban J connectivity index is 2.41. The summed E-state index contributed by atoms with van der Waals surface area (Å²) in [6.07, 6.45) is 3.02. The highest BCUT2D eigenvalue weighted by atomic mass is 32.2. The lowest BCUT2D eigenvalue weighted by atomic mass is 9.98. The maximum absolute atomic E-state index is 9.29. The molecular formula is C17H26N2S. The molecule has 0 aromatic heterocycles. The largest absolute Gasteiger partial charge is 0.300 e. The Hall–Kier alpha value is -0.980. The van der Waals surface area contributed by atoms with Gasteiger partial charge in [0.25, 0.3) is 0 Å². The third-order valence-electron chi connectivity index (χ3n) is 3.43. The molecule has 3 heteroatoms. The predicted molar refractivity (Wildman–Crippen MR) is 88.2 cm³/mol. The molecular weight excluding hydrogens is 264 g/mol. The van der Waals surface area contributed by atoms with Crippen LogP contribution >= 0.6 is 11.8 Å². The Morgan fingerprint density at radius 1 is 1.35 bits per heavy atom. The molecule has 0 radical (unpaired) electrons. The molecule has 1 atom stereocenters. The molecule has 0 aliphatic rings. The molecule has 0 amide bonds. The Labute approximate surface area is 128 Å². The van der Waals surface area contributed by atoms with Crippen LogP contribution in [0.15, 0.2) is 23.1 Å². The molecule has 1 aromatic rings. The van der Waals surface area contributed by atoms with Crippen LogP contribution in [0, 0.1) is 25.2 Å². The predicted octanol–water partition coefficient (Wildman–Crippen LogP) is 4.46. The molecule has 0 saturated heterocycles. The second kappa shape index (κ2) is 8.34. The molecule has 0 saturated carbocycles. The first-order valence-electron chi connectivity index (χ1n) is 7.37. The highest BCUT2D eigenvalue weighted by Gasteiger charge is 2.21. The lowest BCUT2D eigenvalue weighted by Gasteiger charge is -2.22. The van der Waals surface area contributed by atoms with Crippen LogP contribution in [0.1, 0.15) is 44.2 Å². The van der Waals surface area contributed by atoms with Gasteiger partial charge < -0.3 is 0 Å². The van der Waals surface area contributed by atoms with E-state index in [9.17, 15) is 5.26 Å². The molecule has 2 nitrogen and oxygen atoms in total. The highest BCUT2D eigenvalue weighted by molar-refractivity contribution is 7.99. The number of hydrogen-bond donors (Lipinski definition) is 1. The van der Waals surface area contributed by atoms with Gasteiger partial charge >= 0.3 is 0 Å². The first-order chi connectivity index (χ1) is 9.50. The summed E-state index contributed by atoms with van der Waals surface area (Å²) < 4.78 is 0. The molecule has 1 unspecified atom stereocenters. The van der Waals surface area contributed by atoms with E-state index in [1.54, 1.807) is 0 Å². The fraction of sp³-hybridized carbons (Fsp3) is 0.588. The maximum atomic E-state index is 9.29. The monoisotopic (exact) mass is 290 g/mol. The molecule has 1 rings (SSSR count). The van der Waals surface area contributed by atoms with E-state index in [4.69, 9.17) is 0 Å². The van der Waals surface area contributed by atoms with Crippen LogP contribution in [0.3, 0.4) is 0 Å². The number of nitrogens with one attached hydrogen (secondary N) is 1. The maximum Gasteiger partial charge on any atom is 0.103 e. The van der Waals surface area contributed by atoms with Crippen LogP contribution < -0.4 is 5.32 Å². The minimum absolute atomic E-state index is 0.377. The number of benzene rings is 1. The second-order valence-corrected chi connectivity index (χ2v) is 6.73. The molecule has 110 valence electrons. The van der Waals surface area contributed by atoms with E-state index in [-0.39, 0.29) is 5.54 Å². The number of aryl methyl sites for hydroxylation is 2. The van der Waals surface area contributed by atoms with Crippen molar-refractivity contribution in [1.29, 1.82) is 5.26 Å². The number of nitrogens with zero attached hydrogens (tertiary/aromatic N) is 1. The zero-order valence-corrected chi connectivity index (χ0v) is 13.9. The van der Waals surface area contributed by atoms with Gasteiger partial charge in [-0.3, -0.25) is 5.32 Å². The number of rotatable bonds is 8. The molecule has 0 aliphatic heterocycles. The first kappa shape index (κ1) is 17.1. The lowest BCUT2D eigenvalue weighted by Crippen LogP contribution is -2.41. The van der Waals surface area contributed by atoms with Gasteiger partial charge in [-0.05, 0) is 64.0 Å². The minimum Gasteiger partial charge on any atom is -0.300 e. The van der Waals surface area contributed by atoms with E-state index >= 15 is 0 Å². The van der Waals surface area contributed by atoms with Crippen molar-refractivity contribution in [3.8, 4) is 6.07 Å². The van der Waals surface area contributed by atoms with Gasteiger partial charge in [-0.2, -0.15) is 5.26 Å². The standard InChI is InChI=1S/C17H26N2S/c1-5-10-19-17(4,13-18)9-6-11-20-16-12-14(2)7-8-15(16)3/h7-8,12,19H,5-6,9-11H2,1-4H3. The Kier molecular flexibility index (Phi) is 7.12. The topological polar surface area (TPSA) is 35.8 Å². The summed E-state index contributed by atoms with van der Waals surface area (Å²) in [6, 6.07) is 8.99. The van der Waals surface area contributed by atoms with Crippen molar-refractivity contribution in [2.45, 2.75) is 57.4 Å². The summed E-state index contributed by atoms with van der Waals surface area (Å²) in [4.78, 5) is 1.37. The summed E-state index contributed by atoms with van der Waals surface area (Å²) in [5, 5.41) is 12.6. The highest BCUT2D eigenvalue weighted by Crippen LogP contribution is 2.25. The van der Waals surface area contributed by atoms with Crippen LogP contribution in [-0.4, -0.2) is 17.8 Å². The van der Waals surface area contributed by atoms with Gasteiger partial charge in [0, 0.05) is 4.90 Å². The average Bonchev–Trinajstić information content (AvgIpc) is 2.45. The zero-order chi connectivity index (χ0) is 15.0. The van der Waals surface area contributed by atoms with E-state index in [1.807, 2.05) is 18.7 Å².